The molecule has 5 nitrogen and oxygen atoms in total. The summed E-state index contributed by atoms with van der Waals surface area (Å²) in [6.45, 7) is 2.22. The van der Waals surface area contributed by atoms with Crippen LogP contribution < -0.4 is 5.32 Å². The quantitative estimate of drug-likeness (QED) is 0.913. The molecule has 3 heterocycles. The van der Waals surface area contributed by atoms with Gasteiger partial charge in [0.2, 0.25) is 11.7 Å². The number of pyridine rings is 1. The summed E-state index contributed by atoms with van der Waals surface area (Å²) in [4.78, 5) is 8.47. The Kier molecular flexibility index (Phi) is 3.83. The smallest absolute Gasteiger partial charge is 0.227 e. The molecule has 5 heteroatoms. The molecule has 1 aliphatic rings. The summed E-state index contributed by atoms with van der Waals surface area (Å²) in [6.07, 6.45) is 8.02. The van der Waals surface area contributed by atoms with Gasteiger partial charge in [0.1, 0.15) is 0 Å². The predicted molar refractivity (Wildman–Crippen MR) is 71.4 cm³/mol. The van der Waals surface area contributed by atoms with Crippen molar-refractivity contribution in [3.8, 4) is 11.4 Å². The van der Waals surface area contributed by atoms with Gasteiger partial charge in [-0.25, -0.2) is 0 Å². The second-order valence-corrected chi connectivity index (χ2v) is 5.00. The average molecular weight is 258 g/mol. The summed E-state index contributed by atoms with van der Waals surface area (Å²) in [7, 11) is 0. The van der Waals surface area contributed by atoms with Crippen LogP contribution in [-0.4, -0.2) is 28.2 Å². The van der Waals surface area contributed by atoms with E-state index >= 15 is 0 Å². The molecule has 1 atom stereocenters. The Morgan fingerprint density at radius 1 is 1.21 bits per heavy atom. The van der Waals surface area contributed by atoms with E-state index in [0.29, 0.717) is 11.7 Å². The average Bonchev–Trinajstić information content (AvgIpc) is 2.76. The molecule has 1 N–H and O–H groups in total. The highest BCUT2D eigenvalue weighted by molar-refractivity contribution is 5.52. The molecule has 2 aromatic heterocycles. The van der Waals surface area contributed by atoms with Crippen molar-refractivity contribution in [2.24, 2.45) is 5.92 Å². The monoisotopic (exact) mass is 258 g/mol. The van der Waals surface area contributed by atoms with E-state index in [4.69, 9.17) is 4.52 Å². The lowest BCUT2D eigenvalue weighted by molar-refractivity contribution is 0.341. The zero-order chi connectivity index (χ0) is 12.9. The SMILES string of the molecule is c1cc(-c2noc(CC3CCCNCC3)n2)ccn1. The lowest BCUT2D eigenvalue weighted by Crippen LogP contribution is -2.14. The van der Waals surface area contributed by atoms with Crippen LogP contribution in [0.3, 0.4) is 0 Å². The van der Waals surface area contributed by atoms with Gasteiger partial charge in [0, 0.05) is 24.4 Å². The molecule has 19 heavy (non-hydrogen) atoms. The van der Waals surface area contributed by atoms with Gasteiger partial charge in [-0.05, 0) is 50.4 Å². The first-order valence-corrected chi connectivity index (χ1v) is 6.85. The highest BCUT2D eigenvalue weighted by Gasteiger charge is 2.16. The highest BCUT2D eigenvalue weighted by atomic mass is 16.5. The van der Waals surface area contributed by atoms with Gasteiger partial charge in [-0.1, -0.05) is 5.16 Å². The van der Waals surface area contributed by atoms with Crippen molar-refractivity contribution in [1.82, 2.24) is 20.4 Å². The second-order valence-electron chi connectivity index (χ2n) is 5.00. The van der Waals surface area contributed by atoms with Gasteiger partial charge in [-0.2, -0.15) is 4.98 Å². The van der Waals surface area contributed by atoms with Gasteiger partial charge < -0.3 is 9.84 Å². The van der Waals surface area contributed by atoms with Crippen LogP contribution in [0.4, 0.5) is 0 Å². The molecule has 2 aromatic rings. The van der Waals surface area contributed by atoms with Crippen LogP contribution in [0.2, 0.25) is 0 Å². The van der Waals surface area contributed by atoms with Gasteiger partial charge >= 0.3 is 0 Å². The number of nitrogens with zero attached hydrogens (tertiary/aromatic N) is 3. The van der Waals surface area contributed by atoms with Crippen molar-refractivity contribution < 1.29 is 4.52 Å². The maximum atomic E-state index is 5.36. The Labute approximate surface area is 112 Å². The first-order valence-electron chi connectivity index (χ1n) is 6.85. The summed E-state index contributed by atoms with van der Waals surface area (Å²) in [5.74, 6) is 2.06. The third-order valence-electron chi connectivity index (χ3n) is 3.57. The van der Waals surface area contributed by atoms with Gasteiger partial charge in [0.05, 0.1) is 0 Å². The van der Waals surface area contributed by atoms with E-state index in [0.717, 1.165) is 31.0 Å². The standard InChI is InChI=1S/C14H18N4O/c1-2-11(3-7-15-6-1)10-13-17-14(18-19-13)12-4-8-16-9-5-12/h4-5,8-9,11,15H,1-3,6-7,10H2. The molecule has 1 unspecified atom stereocenters. The van der Waals surface area contributed by atoms with Crippen LogP contribution >= 0.6 is 0 Å². The maximum absolute atomic E-state index is 5.36. The molecule has 0 amide bonds. The topological polar surface area (TPSA) is 63.8 Å². The van der Waals surface area contributed by atoms with Gasteiger partial charge in [0.15, 0.2) is 0 Å². The van der Waals surface area contributed by atoms with E-state index < -0.39 is 0 Å². The number of aromatic nitrogens is 3. The third kappa shape index (κ3) is 3.17. The van der Waals surface area contributed by atoms with Crippen LogP contribution in [0, 0.1) is 5.92 Å². The Balaban J connectivity index is 1.68. The van der Waals surface area contributed by atoms with Crippen LogP contribution in [0.15, 0.2) is 29.0 Å². The van der Waals surface area contributed by atoms with Crippen LogP contribution in [0.5, 0.6) is 0 Å². The van der Waals surface area contributed by atoms with Crippen molar-refractivity contribution in [1.29, 1.82) is 0 Å². The summed E-state index contributed by atoms with van der Waals surface area (Å²) >= 11 is 0. The minimum atomic E-state index is 0.653. The molecule has 0 aliphatic carbocycles. The van der Waals surface area contributed by atoms with Crippen LogP contribution in [0.1, 0.15) is 25.2 Å². The van der Waals surface area contributed by atoms with E-state index in [9.17, 15) is 0 Å². The summed E-state index contributed by atoms with van der Waals surface area (Å²) < 4.78 is 5.36. The molecular weight excluding hydrogens is 240 g/mol. The first kappa shape index (κ1) is 12.3. The van der Waals surface area contributed by atoms with Gasteiger partial charge in [-0.15, -0.1) is 0 Å². The first-order chi connectivity index (χ1) is 9.42. The normalized spacial score (nSPS) is 20.1. The molecule has 3 rings (SSSR count). The Morgan fingerprint density at radius 2 is 2.11 bits per heavy atom. The molecule has 0 aromatic carbocycles. The molecule has 0 saturated carbocycles. The summed E-state index contributed by atoms with van der Waals surface area (Å²) in [5.41, 5.74) is 0.951. The van der Waals surface area contributed by atoms with Gasteiger partial charge in [0.25, 0.3) is 0 Å². The Bertz CT molecular complexity index is 503. The molecule has 1 saturated heterocycles. The maximum Gasteiger partial charge on any atom is 0.227 e. The summed E-state index contributed by atoms with van der Waals surface area (Å²) in [6, 6.07) is 3.79. The Hall–Kier alpha value is -1.75. The highest BCUT2D eigenvalue weighted by Crippen LogP contribution is 2.20. The lowest BCUT2D eigenvalue weighted by atomic mass is 9.97. The van der Waals surface area contributed by atoms with Crippen molar-refractivity contribution in [3.05, 3.63) is 30.4 Å². The van der Waals surface area contributed by atoms with Crippen molar-refractivity contribution in [3.63, 3.8) is 0 Å². The Morgan fingerprint density at radius 3 is 3.00 bits per heavy atom. The largest absolute Gasteiger partial charge is 0.339 e. The predicted octanol–water partition coefficient (Wildman–Crippen LogP) is 2.06. The lowest BCUT2D eigenvalue weighted by Gasteiger charge is -2.09. The fourth-order valence-corrected chi connectivity index (χ4v) is 2.50. The van der Waals surface area contributed by atoms with Crippen molar-refractivity contribution in [2.45, 2.75) is 25.7 Å². The number of rotatable bonds is 3. The molecular formula is C14H18N4O. The van der Waals surface area contributed by atoms with Crippen LogP contribution in [0.25, 0.3) is 11.4 Å². The van der Waals surface area contributed by atoms with E-state index in [2.05, 4.69) is 20.4 Å². The van der Waals surface area contributed by atoms with E-state index in [1.165, 1.54) is 19.3 Å². The van der Waals surface area contributed by atoms with Crippen molar-refractivity contribution >= 4 is 0 Å². The molecule has 0 spiro atoms. The minimum Gasteiger partial charge on any atom is -0.339 e. The number of hydrogen-bond donors (Lipinski definition) is 1. The number of nitrogens with one attached hydrogen (secondary N) is 1. The zero-order valence-electron chi connectivity index (χ0n) is 10.9. The molecule has 0 radical (unpaired) electrons. The van der Waals surface area contributed by atoms with E-state index in [1.54, 1.807) is 12.4 Å². The molecule has 0 bridgehead atoms. The molecule has 1 aliphatic heterocycles. The zero-order valence-corrected chi connectivity index (χ0v) is 10.9. The minimum absolute atomic E-state index is 0.653. The summed E-state index contributed by atoms with van der Waals surface area (Å²) in [5, 5.41) is 7.47. The second kappa shape index (κ2) is 5.93. The van der Waals surface area contributed by atoms with E-state index in [-0.39, 0.29) is 0 Å². The van der Waals surface area contributed by atoms with Crippen molar-refractivity contribution in [2.75, 3.05) is 13.1 Å². The fraction of sp³-hybridized carbons (Fsp3) is 0.500. The fourth-order valence-electron chi connectivity index (χ4n) is 2.50. The molecule has 1 fully saturated rings. The third-order valence-corrected chi connectivity index (χ3v) is 3.57. The van der Waals surface area contributed by atoms with E-state index in [1.807, 2.05) is 12.1 Å². The number of hydrogen-bond acceptors (Lipinski definition) is 5. The molecule has 100 valence electrons. The van der Waals surface area contributed by atoms with Crippen LogP contribution in [-0.2, 0) is 6.42 Å². The van der Waals surface area contributed by atoms with Gasteiger partial charge in [-0.3, -0.25) is 4.98 Å².